The van der Waals surface area contributed by atoms with Crippen LogP contribution in [0.5, 0.6) is 11.5 Å². The van der Waals surface area contributed by atoms with Crippen molar-refractivity contribution in [3.63, 3.8) is 0 Å². The van der Waals surface area contributed by atoms with Gasteiger partial charge in [-0.1, -0.05) is 13.8 Å². The number of carbonyl (C=O) groups excluding carboxylic acids is 1. The molecule has 0 heterocycles. The zero-order valence-electron chi connectivity index (χ0n) is 14.6. The quantitative estimate of drug-likeness (QED) is 0.601. The standard InChI is InChI=1S/C18H30N2O3/c1-4-20(5-2)14-8-7-13-19-18(21)15-23-17-11-9-16(10-12-17)22-6-3/h9-12H,4-8,13-15H2,1-3H3,(H,19,21). The molecule has 1 amide bonds. The fraction of sp³-hybridized carbons (Fsp3) is 0.611. The number of hydrogen-bond acceptors (Lipinski definition) is 4. The van der Waals surface area contributed by atoms with E-state index in [1.807, 2.05) is 31.2 Å². The second-order valence-corrected chi connectivity index (χ2v) is 5.28. The molecule has 0 aliphatic rings. The molecule has 0 aromatic heterocycles. The number of ether oxygens (including phenoxy) is 2. The predicted molar refractivity (Wildman–Crippen MR) is 93.1 cm³/mol. The average Bonchev–Trinajstić information content (AvgIpc) is 2.58. The number of benzene rings is 1. The van der Waals surface area contributed by atoms with E-state index >= 15 is 0 Å². The van der Waals surface area contributed by atoms with Gasteiger partial charge in [-0.3, -0.25) is 4.79 Å². The molecule has 0 bridgehead atoms. The second kappa shape index (κ2) is 11.8. The molecular formula is C18H30N2O3. The lowest BCUT2D eigenvalue weighted by atomic mass is 10.3. The minimum Gasteiger partial charge on any atom is -0.494 e. The van der Waals surface area contributed by atoms with Crippen molar-refractivity contribution in [2.24, 2.45) is 0 Å². The number of rotatable bonds is 12. The Morgan fingerprint density at radius 1 is 1.00 bits per heavy atom. The maximum atomic E-state index is 11.7. The third-order valence-electron chi connectivity index (χ3n) is 3.62. The zero-order valence-corrected chi connectivity index (χ0v) is 14.6. The molecular weight excluding hydrogens is 292 g/mol. The zero-order chi connectivity index (χ0) is 16.9. The highest BCUT2D eigenvalue weighted by Crippen LogP contribution is 2.17. The van der Waals surface area contributed by atoms with Crippen LogP contribution < -0.4 is 14.8 Å². The van der Waals surface area contributed by atoms with Gasteiger partial charge in [-0.25, -0.2) is 0 Å². The molecule has 1 aromatic carbocycles. The summed E-state index contributed by atoms with van der Waals surface area (Å²) in [5, 5.41) is 2.89. The molecule has 0 aliphatic carbocycles. The summed E-state index contributed by atoms with van der Waals surface area (Å²) in [5.41, 5.74) is 0. The molecule has 0 unspecified atom stereocenters. The Labute approximate surface area is 140 Å². The van der Waals surface area contributed by atoms with Crippen molar-refractivity contribution in [3.8, 4) is 11.5 Å². The van der Waals surface area contributed by atoms with Gasteiger partial charge in [0.1, 0.15) is 11.5 Å². The summed E-state index contributed by atoms with van der Waals surface area (Å²) in [6.45, 7) is 10.9. The third kappa shape index (κ3) is 8.45. The van der Waals surface area contributed by atoms with Crippen molar-refractivity contribution in [2.45, 2.75) is 33.6 Å². The van der Waals surface area contributed by atoms with Gasteiger partial charge >= 0.3 is 0 Å². The van der Waals surface area contributed by atoms with Gasteiger partial charge in [0, 0.05) is 6.54 Å². The number of amides is 1. The molecule has 0 spiro atoms. The highest BCUT2D eigenvalue weighted by atomic mass is 16.5. The summed E-state index contributed by atoms with van der Waals surface area (Å²) in [6, 6.07) is 7.29. The largest absolute Gasteiger partial charge is 0.494 e. The fourth-order valence-corrected chi connectivity index (χ4v) is 2.23. The Balaban J connectivity index is 2.12. The summed E-state index contributed by atoms with van der Waals surface area (Å²) >= 11 is 0. The average molecular weight is 322 g/mol. The van der Waals surface area contributed by atoms with Crippen LogP contribution in [0.15, 0.2) is 24.3 Å². The number of unbranched alkanes of at least 4 members (excludes halogenated alkanes) is 1. The SMILES string of the molecule is CCOc1ccc(OCC(=O)NCCCCN(CC)CC)cc1. The Morgan fingerprint density at radius 2 is 1.61 bits per heavy atom. The van der Waals surface area contributed by atoms with Crippen LogP contribution in [0.25, 0.3) is 0 Å². The van der Waals surface area contributed by atoms with Crippen molar-refractivity contribution >= 4 is 5.91 Å². The Hall–Kier alpha value is -1.75. The maximum absolute atomic E-state index is 11.7. The van der Waals surface area contributed by atoms with Gasteiger partial charge in [0.25, 0.3) is 5.91 Å². The predicted octanol–water partition coefficient (Wildman–Crippen LogP) is 2.70. The van der Waals surface area contributed by atoms with Gasteiger partial charge < -0.3 is 19.7 Å². The van der Waals surface area contributed by atoms with E-state index in [1.54, 1.807) is 0 Å². The highest BCUT2D eigenvalue weighted by molar-refractivity contribution is 5.77. The lowest BCUT2D eigenvalue weighted by Crippen LogP contribution is -2.30. The van der Waals surface area contributed by atoms with E-state index in [-0.39, 0.29) is 12.5 Å². The van der Waals surface area contributed by atoms with Crippen molar-refractivity contribution < 1.29 is 14.3 Å². The van der Waals surface area contributed by atoms with Gasteiger partial charge in [0.2, 0.25) is 0 Å². The molecule has 23 heavy (non-hydrogen) atoms. The lowest BCUT2D eigenvalue weighted by Gasteiger charge is -2.17. The number of hydrogen-bond donors (Lipinski definition) is 1. The van der Waals surface area contributed by atoms with Crippen molar-refractivity contribution in [1.29, 1.82) is 0 Å². The van der Waals surface area contributed by atoms with E-state index in [2.05, 4.69) is 24.1 Å². The van der Waals surface area contributed by atoms with Crippen LogP contribution in [0.4, 0.5) is 0 Å². The monoisotopic (exact) mass is 322 g/mol. The van der Waals surface area contributed by atoms with Gasteiger partial charge in [0.15, 0.2) is 6.61 Å². The molecule has 0 fully saturated rings. The van der Waals surface area contributed by atoms with Crippen LogP contribution in [0.3, 0.4) is 0 Å². The van der Waals surface area contributed by atoms with Crippen LogP contribution in [-0.2, 0) is 4.79 Å². The van der Waals surface area contributed by atoms with Crippen molar-refractivity contribution in [1.82, 2.24) is 10.2 Å². The maximum Gasteiger partial charge on any atom is 0.257 e. The van der Waals surface area contributed by atoms with Gasteiger partial charge in [-0.05, 0) is 63.7 Å². The molecule has 0 radical (unpaired) electrons. The minimum absolute atomic E-state index is 0.0457. The van der Waals surface area contributed by atoms with Crippen molar-refractivity contribution in [2.75, 3.05) is 39.4 Å². The van der Waals surface area contributed by atoms with E-state index in [4.69, 9.17) is 9.47 Å². The van der Waals surface area contributed by atoms with Crippen LogP contribution in [-0.4, -0.2) is 50.2 Å². The first kappa shape index (κ1) is 19.3. The molecule has 5 nitrogen and oxygen atoms in total. The van der Waals surface area contributed by atoms with E-state index in [9.17, 15) is 4.79 Å². The highest BCUT2D eigenvalue weighted by Gasteiger charge is 2.03. The van der Waals surface area contributed by atoms with Gasteiger partial charge in [-0.2, -0.15) is 0 Å². The van der Waals surface area contributed by atoms with E-state index in [0.717, 1.165) is 38.2 Å². The number of carbonyl (C=O) groups is 1. The molecule has 0 saturated heterocycles. The molecule has 5 heteroatoms. The topological polar surface area (TPSA) is 50.8 Å². The molecule has 1 N–H and O–H groups in total. The first-order valence-electron chi connectivity index (χ1n) is 8.54. The van der Waals surface area contributed by atoms with Crippen LogP contribution in [0.1, 0.15) is 33.6 Å². The van der Waals surface area contributed by atoms with Crippen LogP contribution in [0, 0.1) is 0 Å². The Morgan fingerprint density at radius 3 is 2.17 bits per heavy atom. The van der Waals surface area contributed by atoms with E-state index in [0.29, 0.717) is 18.9 Å². The second-order valence-electron chi connectivity index (χ2n) is 5.28. The third-order valence-corrected chi connectivity index (χ3v) is 3.62. The molecule has 0 atom stereocenters. The number of nitrogens with zero attached hydrogens (tertiary/aromatic N) is 1. The Bertz CT molecular complexity index is 430. The first-order chi connectivity index (χ1) is 11.2. The van der Waals surface area contributed by atoms with Gasteiger partial charge in [0.05, 0.1) is 6.61 Å². The smallest absolute Gasteiger partial charge is 0.257 e. The molecule has 0 saturated carbocycles. The molecule has 0 aliphatic heterocycles. The normalized spacial score (nSPS) is 10.6. The minimum atomic E-state index is -0.0817. The molecule has 1 aromatic rings. The van der Waals surface area contributed by atoms with Crippen molar-refractivity contribution in [3.05, 3.63) is 24.3 Å². The van der Waals surface area contributed by atoms with E-state index < -0.39 is 0 Å². The summed E-state index contributed by atoms with van der Waals surface area (Å²) in [5.74, 6) is 1.39. The molecule has 130 valence electrons. The first-order valence-corrected chi connectivity index (χ1v) is 8.54. The summed E-state index contributed by atoms with van der Waals surface area (Å²) in [4.78, 5) is 14.1. The summed E-state index contributed by atoms with van der Waals surface area (Å²) in [6.07, 6.45) is 2.09. The number of nitrogens with one attached hydrogen (secondary N) is 1. The van der Waals surface area contributed by atoms with Gasteiger partial charge in [-0.15, -0.1) is 0 Å². The van der Waals surface area contributed by atoms with Crippen LogP contribution >= 0.6 is 0 Å². The summed E-state index contributed by atoms with van der Waals surface area (Å²) in [7, 11) is 0. The Kier molecular flexibility index (Phi) is 9.87. The summed E-state index contributed by atoms with van der Waals surface area (Å²) < 4.78 is 10.8. The fourth-order valence-electron chi connectivity index (χ4n) is 2.23. The van der Waals surface area contributed by atoms with Crippen LogP contribution in [0.2, 0.25) is 0 Å². The molecule has 1 rings (SSSR count). The lowest BCUT2D eigenvalue weighted by molar-refractivity contribution is -0.123. The van der Waals surface area contributed by atoms with E-state index in [1.165, 1.54) is 0 Å².